The summed E-state index contributed by atoms with van der Waals surface area (Å²) in [5.41, 5.74) is 0.913. The molecule has 25 heavy (non-hydrogen) atoms. The highest BCUT2D eigenvalue weighted by atomic mass is 16.3. The number of aryl methyl sites for hydroxylation is 1. The van der Waals surface area contributed by atoms with Gasteiger partial charge in [-0.2, -0.15) is 15.1 Å². The third-order valence-electron chi connectivity index (χ3n) is 5.43. The van der Waals surface area contributed by atoms with Crippen molar-refractivity contribution in [1.29, 1.82) is 0 Å². The van der Waals surface area contributed by atoms with Crippen LogP contribution in [-0.4, -0.2) is 77.3 Å². The van der Waals surface area contributed by atoms with Crippen LogP contribution in [0.25, 0.3) is 11.0 Å². The van der Waals surface area contributed by atoms with Crippen molar-refractivity contribution in [3.8, 4) is 0 Å². The molecule has 2 N–H and O–H groups in total. The first-order valence-corrected chi connectivity index (χ1v) is 9.40. The van der Waals surface area contributed by atoms with Crippen LogP contribution >= 0.6 is 0 Å². The van der Waals surface area contributed by atoms with Crippen LogP contribution in [0, 0.1) is 0 Å². The van der Waals surface area contributed by atoms with Crippen molar-refractivity contribution in [2.75, 3.05) is 62.2 Å². The van der Waals surface area contributed by atoms with Crippen molar-refractivity contribution < 1.29 is 10.0 Å². The molecule has 0 aromatic carbocycles. The number of quaternary nitrogens is 1. The number of anilines is 2. The van der Waals surface area contributed by atoms with Gasteiger partial charge in [0.15, 0.2) is 5.65 Å². The standard InChI is InChI=1S/C17H27N7O/c1-21-15-14(13-18-21)16(23-5-3-2-4-6-23)20-17(19-15)24-9-7-22(8-10-24)11-12-25/h13,25H,2-12H2,1H3/p+1. The predicted molar refractivity (Wildman–Crippen MR) is 97.2 cm³/mol. The number of piperidine rings is 1. The van der Waals surface area contributed by atoms with E-state index >= 15 is 0 Å². The smallest absolute Gasteiger partial charge is 0.229 e. The fourth-order valence-corrected chi connectivity index (χ4v) is 3.92. The van der Waals surface area contributed by atoms with E-state index in [1.54, 1.807) is 0 Å². The average molecular weight is 346 g/mol. The minimum atomic E-state index is 0.256. The summed E-state index contributed by atoms with van der Waals surface area (Å²) in [6.07, 6.45) is 5.65. The number of aliphatic hydroxyl groups is 1. The summed E-state index contributed by atoms with van der Waals surface area (Å²) in [6.45, 7) is 7.11. The van der Waals surface area contributed by atoms with Crippen LogP contribution in [-0.2, 0) is 7.05 Å². The summed E-state index contributed by atoms with van der Waals surface area (Å²) >= 11 is 0. The fourth-order valence-electron chi connectivity index (χ4n) is 3.92. The maximum atomic E-state index is 9.13. The Labute approximate surface area is 148 Å². The number of aromatic nitrogens is 4. The van der Waals surface area contributed by atoms with Gasteiger partial charge in [-0.25, -0.2) is 0 Å². The van der Waals surface area contributed by atoms with E-state index in [0.29, 0.717) is 0 Å². The number of aliphatic hydroxyl groups excluding tert-OH is 1. The first-order valence-electron chi connectivity index (χ1n) is 9.40. The first kappa shape index (κ1) is 16.5. The zero-order chi connectivity index (χ0) is 17.2. The molecule has 2 aliphatic heterocycles. The van der Waals surface area contributed by atoms with Gasteiger partial charge in [0.05, 0.1) is 44.4 Å². The zero-order valence-electron chi connectivity index (χ0n) is 15.0. The highest BCUT2D eigenvalue weighted by Crippen LogP contribution is 2.28. The lowest BCUT2D eigenvalue weighted by atomic mass is 10.1. The molecular formula is C17H28N7O+. The normalized spacial score (nSPS) is 19.8. The maximum absolute atomic E-state index is 9.13. The van der Waals surface area contributed by atoms with E-state index in [2.05, 4.69) is 14.9 Å². The number of piperazine rings is 1. The van der Waals surface area contributed by atoms with Crippen molar-refractivity contribution in [3.05, 3.63) is 6.20 Å². The molecule has 2 aromatic heterocycles. The van der Waals surface area contributed by atoms with E-state index in [0.717, 1.165) is 68.6 Å². The Kier molecular flexibility index (Phi) is 4.72. The molecule has 8 heteroatoms. The molecule has 136 valence electrons. The Balaban J connectivity index is 1.64. The Morgan fingerprint density at radius 3 is 2.52 bits per heavy atom. The predicted octanol–water partition coefficient (Wildman–Crippen LogP) is -0.949. The van der Waals surface area contributed by atoms with E-state index in [1.807, 2.05) is 17.9 Å². The second kappa shape index (κ2) is 7.13. The molecule has 0 amide bonds. The highest BCUT2D eigenvalue weighted by molar-refractivity contribution is 5.88. The van der Waals surface area contributed by atoms with E-state index in [9.17, 15) is 0 Å². The van der Waals surface area contributed by atoms with Crippen LogP contribution in [0.3, 0.4) is 0 Å². The van der Waals surface area contributed by atoms with Crippen molar-refractivity contribution >= 4 is 22.8 Å². The molecule has 0 spiro atoms. The quantitative estimate of drug-likeness (QED) is 0.744. The molecular weight excluding hydrogens is 318 g/mol. The molecule has 0 atom stereocenters. The lowest BCUT2D eigenvalue weighted by molar-refractivity contribution is -0.900. The van der Waals surface area contributed by atoms with Crippen LogP contribution in [0.4, 0.5) is 11.8 Å². The summed E-state index contributed by atoms with van der Waals surface area (Å²) in [5.74, 6) is 1.86. The number of rotatable bonds is 4. The van der Waals surface area contributed by atoms with Gasteiger partial charge < -0.3 is 19.8 Å². The van der Waals surface area contributed by atoms with Crippen LogP contribution in [0.15, 0.2) is 6.20 Å². The maximum Gasteiger partial charge on any atom is 0.229 e. The summed E-state index contributed by atoms with van der Waals surface area (Å²) < 4.78 is 1.85. The third-order valence-corrected chi connectivity index (χ3v) is 5.43. The van der Waals surface area contributed by atoms with Gasteiger partial charge >= 0.3 is 0 Å². The molecule has 8 nitrogen and oxygen atoms in total. The minimum Gasteiger partial charge on any atom is -0.391 e. The van der Waals surface area contributed by atoms with Crippen molar-refractivity contribution in [3.63, 3.8) is 0 Å². The zero-order valence-corrected chi connectivity index (χ0v) is 15.0. The number of hydrogen-bond donors (Lipinski definition) is 2. The molecule has 0 radical (unpaired) electrons. The molecule has 0 saturated carbocycles. The monoisotopic (exact) mass is 346 g/mol. The fraction of sp³-hybridized carbons (Fsp3) is 0.706. The molecule has 0 unspecified atom stereocenters. The van der Waals surface area contributed by atoms with Crippen LogP contribution in [0.5, 0.6) is 0 Å². The lowest BCUT2D eigenvalue weighted by Crippen LogP contribution is -3.15. The summed E-state index contributed by atoms with van der Waals surface area (Å²) in [6, 6.07) is 0. The van der Waals surface area contributed by atoms with Gasteiger partial charge in [-0.3, -0.25) is 4.68 Å². The van der Waals surface area contributed by atoms with E-state index in [-0.39, 0.29) is 6.61 Å². The second-order valence-corrected chi connectivity index (χ2v) is 7.11. The SMILES string of the molecule is Cn1ncc2c(N3CCCCC3)nc(N3CC[NH+](CCO)CC3)nc21. The highest BCUT2D eigenvalue weighted by Gasteiger charge is 2.25. The largest absolute Gasteiger partial charge is 0.391 e. The average Bonchev–Trinajstić information content (AvgIpc) is 3.04. The first-order chi connectivity index (χ1) is 12.3. The van der Waals surface area contributed by atoms with Gasteiger partial charge in [0, 0.05) is 20.1 Å². The number of nitrogens with one attached hydrogen (secondary N) is 1. The summed E-state index contributed by atoms with van der Waals surface area (Å²) in [7, 11) is 1.95. The second-order valence-electron chi connectivity index (χ2n) is 7.11. The van der Waals surface area contributed by atoms with Crippen molar-refractivity contribution in [1.82, 2.24) is 19.7 Å². The van der Waals surface area contributed by atoms with Crippen LogP contribution in [0.2, 0.25) is 0 Å². The van der Waals surface area contributed by atoms with Crippen LogP contribution in [0.1, 0.15) is 19.3 Å². The molecule has 4 rings (SSSR count). The Morgan fingerprint density at radius 1 is 1.04 bits per heavy atom. The molecule has 0 aliphatic carbocycles. The topological polar surface area (TPSA) is 74.8 Å². The van der Waals surface area contributed by atoms with Gasteiger partial charge in [0.2, 0.25) is 5.95 Å². The lowest BCUT2D eigenvalue weighted by Gasteiger charge is -2.33. The number of hydrogen-bond acceptors (Lipinski definition) is 6. The van der Waals surface area contributed by atoms with E-state index in [1.165, 1.54) is 24.2 Å². The minimum absolute atomic E-state index is 0.256. The number of fused-ring (bicyclic) bond motifs is 1. The Hall–Kier alpha value is -1.93. The molecule has 4 heterocycles. The van der Waals surface area contributed by atoms with Gasteiger partial charge in [-0.1, -0.05) is 0 Å². The number of nitrogens with zero attached hydrogens (tertiary/aromatic N) is 6. The molecule has 2 aliphatic rings. The summed E-state index contributed by atoms with van der Waals surface area (Å²) in [4.78, 5) is 15.9. The van der Waals surface area contributed by atoms with Crippen molar-refractivity contribution in [2.24, 2.45) is 7.05 Å². The Bertz CT molecular complexity index is 717. The third kappa shape index (κ3) is 3.28. The van der Waals surface area contributed by atoms with Gasteiger partial charge in [-0.15, -0.1) is 0 Å². The van der Waals surface area contributed by atoms with Crippen molar-refractivity contribution in [2.45, 2.75) is 19.3 Å². The molecule has 0 bridgehead atoms. The molecule has 2 saturated heterocycles. The summed E-state index contributed by atoms with van der Waals surface area (Å²) in [5, 5.41) is 14.6. The Morgan fingerprint density at radius 2 is 1.80 bits per heavy atom. The van der Waals surface area contributed by atoms with Gasteiger partial charge in [-0.05, 0) is 19.3 Å². The van der Waals surface area contributed by atoms with E-state index < -0.39 is 0 Å². The van der Waals surface area contributed by atoms with Crippen LogP contribution < -0.4 is 14.7 Å². The molecule has 2 fully saturated rings. The van der Waals surface area contributed by atoms with Gasteiger partial charge in [0.25, 0.3) is 0 Å². The van der Waals surface area contributed by atoms with E-state index in [4.69, 9.17) is 15.1 Å². The van der Waals surface area contributed by atoms with Gasteiger partial charge in [0.1, 0.15) is 12.4 Å². The molecule has 2 aromatic rings.